The molecule has 0 radical (unpaired) electrons. The molecule has 0 spiro atoms. The van der Waals surface area contributed by atoms with E-state index in [0.29, 0.717) is 19.6 Å². The van der Waals surface area contributed by atoms with Gasteiger partial charge in [0.2, 0.25) is 0 Å². The van der Waals surface area contributed by atoms with Gasteiger partial charge in [-0.05, 0) is 20.8 Å². The molecule has 1 rings (SSSR count). The third kappa shape index (κ3) is 4.90. The highest BCUT2D eigenvalue weighted by Crippen LogP contribution is 2.06. The summed E-state index contributed by atoms with van der Waals surface area (Å²) >= 11 is 0. The molecule has 0 bridgehead atoms. The fraction of sp³-hybridized carbons (Fsp3) is 0.800. The molecule has 0 aliphatic carbocycles. The van der Waals surface area contributed by atoms with Crippen LogP contribution in [0.2, 0.25) is 0 Å². The quantitative estimate of drug-likeness (QED) is 0.779. The van der Waals surface area contributed by atoms with Crippen LogP contribution in [0.3, 0.4) is 0 Å². The average Bonchev–Trinajstić information content (AvgIpc) is 2.51. The number of hydrogen-bond acceptors (Lipinski definition) is 4. The third-order valence-electron chi connectivity index (χ3n) is 1.81. The zero-order valence-electron chi connectivity index (χ0n) is 9.60. The van der Waals surface area contributed by atoms with Crippen LogP contribution in [0.1, 0.15) is 26.5 Å². The first kappa shape index (κ1) is 12.1. The first-order valence-corrected chi connectivity index (χ1v) is 5.15. The summed E-state index contributed by atoms with van der Waals surface area (Å²) in [6.07, 6.45) is 2.39. The van der Waals surface area contributed by atoms with E-state index >= 15 is 0 Å². The Hall–Kier alpha value is -0.940. The standard InChI is InChI=1S/C10H19N3O2/c1-10(2,3)15-7-5-13-8-9(4-6-14)11-12-13/h8,14H,4-7H2,1-3H3. The Morgan fingerprint density at radius 1 is 1.47 bits per heavy atom. The Morgan fingerprint density at radius 2 is 2.20 bits per heavy atom. The van der Waals surface area contributed by atoms with Gasteiger partial charge in [-0.3, -0.25) is 0 Å². The van der Waals surface area contributed by atoms with Crippen LogP contribution in [-0.4, -0.2) is 38.9 Å². The lowest BCUT2D eigenvalue weighted by Crippen LogP contribution is -2.22. The molecule has 86 valence electrons. The molecule has 0 aliphatic heterocycles. The number of aliphatic hydroxyl groups is 1. The third-order valence-corrected chi connectivity index (χ3v) is 1.81. The van der Waals surface area contributed by atoms with Crippen molar-refractivity contribution in [1.82, 2.24) is 15.0 Å². The maximum absolute atomic E-state index is 8.71. The van der Waals surface area contributed by atoms with Crippen LogP contribution >= 0.6 is 0 Å². The van der Waals surface area contributed by atoms with E-state index in [-0.39, 0.29) is 12.2 Å². The molecule has 0 saturated heterocycles. The Balaban J connectivity index is 2.31. The molecule has 0 fully saturated rings. The molecule has 0 saturated carbocycles. The van der Waals surface area contributed by atoms with Gasteiger partial charge in [0.05, 0.1) is 24.4 Å². The highest BCUT2D eigenvalue weighted by molar-refractivity contribution is 4.91. The summed E-state index contributed by atoms with van der Waals surface area (Å²) < 4.78 is 7.30. The zero-order valence-corrected chi connectivity index (χ0v) is 9.60. The normalized spacial score (nSPS) is 12.0. The summed E-state index contributed by atoms with van der Waals surface area (Å²) in [6.45, 7) is 7.47. The van der Waals surface area contributed by atoms with Gasteiger partial charge in [0.1, 0.15) is 0 Å². The molecule has 1 N–H and O–H groups in total. The van der Waals surface area contributed by atoms with Gasteiger partial charge in [-0.2, -0.15) is 0 Å². The van der Waals surface area contributed by atoms with Crippen LogP contribution < -0.4 is 0 Å². The van der Waals surface area contributed by atoms with Gasteiger partial charge in [0, 0.05) is 19.2 Å². The minimum absolute atomic E-state index is 0.108. The van der Waals surface area contributed by atoms with Gasteiger partial charge < -0.3 is 9.84 Å². The van der Waals surface area contributed by atoms with E-state index < -0.39 is 0 Å². The molecule has 1 aromatic heterocycles. The minimum Gasteiger partial charge on any atom is -0.396 e. The predicted molar refractivity (Wildman–Crippen MR) is 56.5 cm³/mol. The fourth-order valence-corrected chi connectivity index (χ4v) is 1.12. The molecular weight excluding hydrogens is 194 g/mol. The highest BCUT2D eigenvalue weighted by Gasteiger charge is 2.09. The Labute approximate surface area is 90.1 Å². The summed E-state index contributed by atoms with van der Waals surface area (Å²) in [6, 6.07) is 0. The smallest absolute Gasteiger partial charge is 0.0849 e. The molecule has 1 aromatic rings. The van der Waals surface area contributed by atoms with Crippen molar-refractivity contribution in [2.24, 2.45) is 0 Å². The van der Waals surface area contributed by atoms with E-state index in [1.165, 1.54) is 0 Å². The maximum Gasteiger partial charge on any atom is 0.0849 e. The number of aromatic nitrogens is 3. The van der Waals surface area contributed by atoms with Crippen LogP contribution in [0.15, 0.2) is 6.20 Å². The van der Waals surface area contributed by atoms with Crippen molar-refractivity contribution < 1.29 is 9.84 Å². The predicted octanol–water partition coefficient (Wildman–Crippen LogP) is 0.628. The maximum atomic E-state index is 8.71. The van der Waals surface area contributed by atoms with Crippen molar-refractivity contribution in [3.05, 3.63) is 11.9 Å². The first-order chi connectivity index (χ1) is 7.01. The van der Waals surface area contributed by atoms with Gasteiger partial charge in [0.15, 0.2) is 0 Å². The lowest BCUT2D eigenvalue weighted by Gasteiger charge is -2.19. The van der Waals surface area contributed by atoms with Crippen molar-refractivity contribution in [3.63, 3.8) is 0 Å². The van der Waals surface area contributed by atoms with Crippen LogP contribution in [0.5, 0.6) is 0 Å². The molecule has 5 heteroatoms. The number of aliphatic hydroxyl groups excluding tert-OH is 1. The number of nitrogens with zero attached hydrogens (tertiary/aromatic N) is 3. The van der Waals surface area contributed by atoms with Crippen LogP contribution in [-0.2, 0) is 17.7 Å². The molecular formula is C10H19N3O2. The van der Waals surface area contributed by atoms with E-state index in [0.717, 1.165) is 5.69 Å². The number of hydrogen-bond donors (Lipinski definition) is 1. The zero-order chi connectivity index (χ0) is 11.3. The molecule has 0 aromatic carbocycles. The van der Waals surface area contributed by atoms with E-state index in [2.05, 4.69) is 10.3 Å². The van der Waals surface area contributed by atoms with Gasteiger partial charge in [0.25, 0.3) is 0 Å². The lowest BCUT2D eigenvalue weighted by atomic mass is 10.2. The molecule has 15 heavy (non-hydrogen) atoms. The summed E-state index contributed by atoms with van der Waals surface area (Å²) in [5.41, 5.74) is 0.697. The van der Waals surface area contributed by atoms with Gasteiger partial charge in [-0.25, -0.2) is 4.68 Å². The average molecular weight is 213 g/mol. The van der Waals surface area contributed by atoms with Gasteiger partial charge in [-0.15, -0.1) is 5.10 Å². The highest BCUT2D eigenvalue weighted by atomic mass is 16.5. The fourth-order valence-electron chi connectivity index (χ4n) is 1.12. The SMILES string of the molecule is CC(C)(C)OCCn1cc(CCO)nn1. The van der Waals surface area contributed by atoms with E-state index in [4.69, 9.17) is 9.84 Å². The molecule has 5 nitrogen and oxygen atoms in total. The minimum atomic E-state index is -0.117. The van der Waals surface area contributed by atoms with Crippen molar-refractivity contribution >= 4 is 0 Å². The summed E-state index contributed by atoms with van der Waals surface area (Å²) in [7, 11) is 0. The molecule has 1 heterocycles. The lowest BCUT2D eigenvalue weighted by molar-refractivity contribution is -0.00805. The largest absolute Gasteiger partial charge is 0.396 e. The number of ether oxygens (including phenoxy) is 1. The summed E-state index contributed by atoms with van der Waals surface area (Å²) in [5.74, 6) is 0. The Bertz CT molecular complexity index is 291. The second-order valence-corrected chi connectivity index (χ2v) is 4.41. The molecule has 0 unspecified atom stereocenters. The second-order valence-electron chi connectivity index (χ2n) is 4.41. The van der Waals surface area contributed by atoms with Gasteiger partial charge >= 0.3 is 0 Å². The van der Waals surface area contributed by atoms with Crippen LogP contribution in [0.4, 0.5) is 0 Å². The molecule has 0 amide bonds. The summed E-state index contributed by atoms with van der Waals surface area (Å²) in [5, 5.41) is 16.6. The van der Waals surface area contributed by atoms with E-state index in [1.54, 1.807) is 4.68 Å². The number of rotatable bonds is 5. The van der Waals surface area contributed by atoms with E-state index in [1.807, 2.05) is 27.0 Å². The first-order valence-electron chi connectivity index (χ1n) is 5.15. The van der Waals surface area contributed by atoms with Crippen molar-refractivity contribution in [1.29, 1.82) is 0 Å². The van der Waals surface area contributed by atoms with Crippen LogP contribution in [0, 0.1) is 0 Å². The molecule has 0 aliphatic rings. The monoisotopic (exact) mass is 213 g/mol. The van der Waals surface area contributed by atoms with Crippen molar-refractivity contribution in [2.45, 2.75) is 39.3 Å². The van der Waals surface area contributed by atoms with Crippen molar-refractivity contribution in [3.8, 4) is 0 Å². The summed E-state index contributed by atoms with van der Waals surface area (Å²) in [4.78, 5) is 0. The molecule has 0 atom stereocenters. The van der Waals surface area contributed by atoms with Crippen molar-refractivity contribution in [2.75, 3.05) is 13.2 Å². The second kappa shape index (κ2) is 5.23. The van der Waals surface area contributed by atoms with Crippen LogP contribution in [0.25, 0.3) is 0 Å². The Kier molecular flexibility index (Phi) is 4.23. The topological polar surface area (TPSA) is 60.2 Å². The van der Waals surface area contributed by atoms with E-state index in [9.17, 15) is 0 Å². The Morgan fingerprint density at radius 3 is 2.80 bits per heavy atom. The van der Waals surface area contributed by atoms with Gasteiger partial charge in [-0.1, -0.05) is 5.21 Å².